The fraction of sp³-hybridized carbons (Fsp3) is 0.478. The average Bonchev–Trinajstić information content (AvgIpc) is 2.93. The molecule has 122 valence electrons. The van der Waals surface area contributed by atoms with Crippen molar-refractivity contribution in [3.63, 3.8) is 0 Å². The molecule has 0 saturated heterocycles. The molecule has 1 aromatic heterocycles. The summed E-state index contributed by atoms with van der Waals surface area (Å²) in [4.78, 5) is 0. The van der Waals surface area contributed by atoms with Crippen molar-refractivity contribution >= 4 is 21.9 Å². The van der Waals surface area contributed by atoms with Crippen molar-refractivity contribution in [1.29, 1.82) is 0 Å². The summed E-state index contributed by atoms with van der Waals surface area (Å²) in [5, 5.41) is 2.55. The lowest BCUT2D eigenvalue weighted by Gasteiger charge is -2.57. The molecular weight excluding hydrogens is 292 g/mol. The fourth-order valence-electron chi connectivity index (χ4n) is 6.73. The van der Waals surface area contributed by atoms with Crippen molar-refractivity contribution in [3.05, 3.63) is 47.5 Å². The molecule has 4 aliphatic rings. The Morgan fingerprint density at radius 2 is 1.58 bits per heavy atom. The predicted molar refractivity (Wildman–Crippen MR) is 98.3 cm³/mol. The highest BCUT2D eigenvalue weighted by Crippen LogP contribution is 2.60. The number of para-hydroxylation sites is 1. The van der Waals surface area contributed by atoms with Crippen LogP contribution in [0.5, 0.6) is 0 Å². The normalized spacial score (nSPS) is 34.5. The molecular formula is C23H24O. The minimum absolute atomic E-state index is 0.455. The van der Waals surface area contributed by atoms with E-state index in [-0.39, 0.29) is 0 Å². The number of benzene rings is 2. The third-order valence-electron chi connectivity index (χ3n) is 7.35. The standard InChI is InChI=1S/C23H24O/c1-14-3-2-4-20-19-6-5-18(10-21(19)24-22(14)20)23-11-15-7-16(12-23)9-17(8-15)13-23/h2-6,10,15-17H,7-9,11-13H2,1H3. The van der Waals surface area contributed by atoms with Gasteiger partial charge in [-0.15, -0.1) is 0 Å². The molecule has 0 aliphatic heterocycles. The number of furan rings is 1. The van der Waals surface area contributed by atoms with Crippen LogP contribution < -0.4 is 0 Å². The maximum Gasteiger partial charge on any atom is 0.138 e. The summed E-state index contributed by atoms with van der Waals surface area (Å²) in [5.74, 6) is 2.97. The minimum Gasteiger partial charge on any atom is -0.456 e. The molecule has 4 bridgehead atoms. The van der Waals surface area contributed by atoms with E-state index in [1.807, 2.05) is 0 Å². The molecule has 7 rings (SSSR count). The first kappa shape index (κ1) is 13.5. The van der Waals surface area contributed by atoms with Gasteiger partial charge >= 0.3 is 0 Å². The molecule has 3 aromatic rings. The molecule has 4 fully saturated rings. The minimum atomic E-state index is 0.455. The first-order chi connectivity index (χ1) is 11.7. The smallest absolute Gasteiger partial charge is 0.138 e. The van der Waals surface area contributed by atoms with E-state index < -0.39 is 0 Å². The predicted octanol–water partition coefficient (Wildman–Crippen LogP) is 6.36. The van der Waals surface area contributed by atoms with E-state index in [1.54, 1.807) is 5.56 Å². The van der Waals surface area contributed by atoms with Crippen LogP contribution in [0.15, 0.2) is 40.8 Å². The van der Waals surface area contributed by atoms with Crippen molar-refractivity contribution in [2.45, 2.75) is 50.9 Å². The van der Waals surface area contributed by atoms with Crippen molar-refractivity contribution in [1.82, 2.24) is 0 Å². The van der Waals surface area contributed by atoms with Crippen LogP contribution in [-0.2, 0) is 5.41 Å². The molecule has 1 nitrogen and oxygen atoms in total. The Balaban J connectivity index is 1.53. The number of hydrogen-bond donors (Lipinski definition) is 0. The zero-order chi connectivity index (χ0) is 15.9. The molecule has 1 heterocycles. The van der Waals surface area contributed by atoms with E-state index in [9.17, 15) is 0 Å². The SMILES string of the molecule is Cc1cccc2c1oc1cc(C34CC5CC(CC(C5)C3)C4)ccc12. The highest BCUT2D eigenvalue weighted by molar-refractivity contribution is 6.05. The number of fused-ring (bicyclic) bond motifs is 3. The second-order valence-electron chi connectivity index (χ2n) is 8.96. The van der Waals surface area contributed by atoms with Gasteiger partial charge in [-0.3, -0.25) is 0 Å². The van der Waals surface area contributed by atoms with Crippen molar-refractivity contribution in [2.24, 2.45) is 17.8 Å². The van der Waals surface area contributed by atoms with Crippen LogP contribution in [-0.4, -0.2) is 0 Å². The van der Waals surface area contributed by atoms with E-state index in [1.165, 1.54) is 54.9 Å². The molecule has 4 aliphatic carbocycles. The largest absolute Gasteiger partial charge is 0.456 e. The maximum absolute atomic E-state index is 6.29. The molecule has 0 atom stereocenters. The molecule has 0 N–H and O–H groups in total. The molecule has 0 amide bonds. The van der Waals surface area contributed by atoms with Gasteiger partial charge in [0.25, 0.3) is 0 Å². The van der Waals surface area contributed by atoms with Crippen LogP contribution in [0, 0.1) is 24.7 Å². The van der Waals surface area contributed by atoms with Gasteiger partial charge < -0.3 is 4.42 Å². The number of aryl methyl sites for hydroxylation is 1. The summed E-state index contributed by atoms with van der Waals surface area (Å²) in [5.41, 5.74) is 5.41. The Hall–Kier alpha value is -1.76. The fourth-order valence-corrected chi connectivity index (χ4v) is 6.73. The van der Waals surface area contributed by atoms with Crippen LogP contribution in [0.3, 0.4) is 0 Å². The van der Waals surface area contributed by atoms with Gasteiger partial charge in [0.1, 0.15) is 11.2 Å². The monoisotopic (exact) mass is 316 g/mol. The zero-order valence-corrected chi connectivity index (χ0v) is 14.3. The topological polar surface area (TPSA) is 13.1 Å². The van der Waals surface area contributed by atoms with Crippen LogP contribution in [0.4, 0.5) is 0 Å². The lowest BCUT2D eigenvalue weighted by Crippen LogP contribution is -2.48. The summed E-state index contributed by atoms with van der Waals surface area (Å²) >= 11 is 0. The average molecular weight is 316 g/mol. The van der Waals surface area contributed by atoms with E-state index in [4.69, 9.17) is 4.42 Å². The Kier molecular flexibility index (Phi) is 2.50. The van der Waals surface area contributed by atoms with Gasteiger partial charge in [0.2, 0.25) is 0 Å². The quantitative estimate of drug-likeness (QED) is 0.509. The van der Waals surface area contributed by atoms with Crippen molar-refractivity contribution < 1.29 is 4.42 Å². The Bertz CT molecular complexity index is 925. The van der Waals surface area contributed by atoms with E-state index in [0.717, 1.165) is 28.9 Å². The van der Waals surface area contributed by atoms with Crippen molar-refractivity contribution in [2.75, 3.05) is 0 Å². The van der Waals surface area contributed by atoms with E-state index >= 15 is 0 Å². The van der Waals surface area contributed by atoms with Gasteiger partial charge in [0.05, 0.1) is 0 Å². The number of rotatable bonds is 1. The molecule has 0 radical (unpaired) electrons. The van der Waals surface area contributed by atoms with Crippen molar-refractivity contribution in [3.8, 4) is 0 Å². The van der Waals surface area contributed by atoms with Gasteiger partial charge in [0, 0.05) is 10.8 Å². The highest BCUT2D eigenvalue weighted by Gasteiger charge is 2.51. The van der Waals surface area contributed by atoms with E-state index in [0.29, 0.717) is 5.41 Å². The Morgan fingerprint density at radius 3 is 2.29 bits per heavy atom. The Labute approximate surface area is 143 Å². The third kappa shape index (κ3) is 1.71. The Morgan fingerprint density at radius 1 is 0.875 bits per heavy atom. The lowest BCUT2D eigenvalue weighted by atomic mass is 9.48. The van der Waals surface area contributed by atoms with E-state index in [2.05, 4.69) is 43.3 Å². The summed E-state index contributed by atoms with van der Waals surface area (Å²) in [6.45, 7) is 2.14. The summed E-state index contributed by atoms with van der Waals surface area (Å²) in [7, 11) is 0. The highest BCUT2D eigenvalue weighted by atomic mass is 16.3. The molecule has 2 aromatic carbocycles. The molecule has 4 saturated carbocycles. The third-order valence-corrected chi connectivity index (χ3v) is 7.35. The van der Waals surface area contributed by atoms with Crippen LogP contribution in [0.2, 0.25) is 0 Å². The first-order valence-corrected chi connectivity index (χ1v) is 9.63. The lowest BCUT2D eigenvalue weighted by molar-refractivity contribution is -0.00515. The van der Waals surface area contributed by atoms with Gasteiger partial charge in [0.15, 0.2) is 0 Å². The summed E-state index contributed by atoms with van der Waals surface area (Å²) in [6, 6.07) is 13.6. The summed E-state index contributed by atoms with van der Waals surface area (Å²) in [6.07, 6.45) is 8.78. The first-order valence-electron chi connectivity index (χ1n) is 9.63. The maximum atomic E-state index is 6.29. The molecule has 0 unspecified atom stereocenters. The van der Waals surface area contributed by atoms with Crippen LogP contribution >= 0.6 is 0 Å². The molecule has 1 heteroatoms. The second-order valence-corrected chi connectivity index (χ2v) is 8.96. The van der Waals surface area contributed by atoms with Gasteiger partial charge in [-0.25, -0.2) is 0 Å². The van der Waals surface area contributed by atoms with Gasteiger partial charge in [-0.2, -0.15) is 0 Å². The molecule has 24 heavy (non-hydrogen) atoms. The van der Waals surface area contributed by atoms with Gasteiger partial charge in [-0.1, -0.05) is 30.3 Å². The van der Waals surface area contributed by atoms with Gasteiger partial charge in [-0.05, 0) is 85.8 Å². The van der Waals surface area contributed by atoms with Crippen LogP contribution in [0.25, 0.3) is 21.9 Å². The van der Waals surface area contributed by atoms with Crippen LogP contribution in [0.1, 0.15) is 49.7 Å². The number of hydrogen-bond acceptors (Lipinski definition) is 1. The molecule has 0 spiro atoms. The second kappa shape index (κ2) is 4.45. The summed E-state index contributed by atoms with van der Waals surface area (Å²) < 4.78 is 6.29. The zero-order valence-electron chi connectivity index (χ0n) is 14.3.